The van der Waals surface area contributed by atoms with Crippen LogP contribution in [0.25, 0.3) is 0 Å². The van der Waals surface area contributed by atoms with Crippen molar-refractivity contribution < 1.29 is 14.7 Å². The van der Waals surface area contributed by atoms with Crippen molar-refractivity contribution in [3.05, 3.63) is 36.5 Å². The zero-order valence-corrected chi connectivity index (χ0v) is 11.4. The summed E-state index contributed by atoms with van der Waals surface area (Å²) in [4.78, 5) is 26.7. The lowest BCUT2D eigenvalue weighted by Gasteiger charge is -2.14. The molecule has 0 aromatic carbocycles. The number of hydrogen-bond donors (Lipinski definition) is 3. The summed E-state index contributed by atoms with van der Waals surface area (Å²) in [5.41, 5.74) is 0.416. The number of amides is 1. The van der Waals surface area contributed by atoms with Crippen molar-refractivity contribution in [2.24, 2.45) is 0 Å². The van der Waals surface area contributed by atoms with Gasteiger partial charge < -0.3 is 15.7 Å². The van der Waals surface area contributed by atoms with Crippen molar-refractivity contribution in [2.45, 2.75) is 25.8 Å². The second-order valence-corrected chi connectivity index (χ2v) is 4.25. The maximum atomic E-state index is 11.6. The smallest absolute Gasteiger partial charge is 0.326 e. The lowest BCUT2D eigenvalue weighted by atomic mass is 10.1. The summed E-state index contributed by atoms with van der Waals surface area (Å²) < 4.78 is 0. The first-order chi connectivity index (χ1) is 9.58. The number of hydrogen-bond acceptors (Lipinski definition) is 4. The summed E-state index contributed by atoms with van der Waals surface area (Å²) in [7, 11) is 0. The van der Waals surface area contributed by atoms with Gasteiger partial charge in [-0.1, -0.05) is 19.4 Å². The lowest BCUT2D eigenvalue weighted by molar-refractivity contribution is -0.138. The third kappa shape index (κ3) is 4.72. The molecule has 0 fully saturated rings. The van der Waals surface area contributed by atoms with Crippen LogP contribution in [0, 0.1) is 0 Å². The highest BCUT2D eigenvalue weighted by molar-refractivity contribution is 5.94. The monoisotopic (exact) mass is 277 g/mol. The fourth-order valence-corrected chi connectivity index (χ4v) is 1.61. The Bertz CT molecular complexity index is 471. The van der Waals surface area contributed by atoms with Crippen LogP contribution >= 0.6 is 0 Å². The molecular weight excluding hydrogens is 258 g/mol. The highest BCUT2D eigenvalue weighted by Gasteiger charge is 2.16. The largest absolute Gasteiger partial charge is 0.480 e. The van der Waals surface area contributed by atoms with Crippen molar-refractivity contribution in [3.63, 3.8) is 0 Å². The Morgan fingerprint density at radius 2 is 2.25 bits per heavy atom. The van der Waals surface area contributed by atoms with Crippen LogP contribution in [0.15, 0.2) is 31.0 Å². The average molecular weight is 277 g/mol. The molecule has 1 atom stereocenters. The third-order valence-electron chi connectivity index (χ3n) is 2.63. The van der Waals surface area contributed by atoms with E-state index in [4.69, 9.17) is 5.11 Å². The molecule has 6 heteroatoms. The van der Waals surface area contributed by atoms with Gasteiger partial charge in [-0.3, -0.25) is 4.79 Å². The van der Waals surface area contributed by atoms with E-state index in [-0.39, 0.29) is 5.91 Å². The maximum Gasteiger partial charge on any atom is 0.326 e. The SMILES string of the molecule is C=CCNC(=O)c1ccc(NC(CCC)C(=O)O)nc1. The van der Waals surface area contributed by atoms with Crippen LogP contribution in [0.2, 0.25) is 0 Å². The number of nitrogens with one attached hydrogen (secondary N) is 2. The second-order valence-electron chi connectivity index (χ2n) is 4.25. The number of aromatic nitrogens is 1. The van der Waals surface area contributed by atoms with Gasteiger partial charge in [0.25, 0.3) is 5.91 Å². The number of carboxylic acids is 1. The van der Waals surface area contributed by atoms with Crippen molar-refractivity contribution >= 4 is 17.7 Å². The van der Waals surface area contributed by atoms with Gasteiger partial charge in [0.05, 0.1) is 5.56 Å². The molecule has 1 aromatic rings. The number of carboxylic acid groups (broad SMARTS) is 1. The van der Waals surface area contributed by atoms with Gasteiger partial charge >= 0.3 is 5.97 Å². The summed E-state index contributed by atoms with van der Waals surface area (Å²) >= 11 is 0. The molecule has 1 amide bonds. The number of pyridine rings is 1. The van der Waals surface area contributed by atoms with E-state index in [9.17, 15) is 9.59 Å². The third-order valence-corrected chi connectivity index (χ3v) is 2.63. The Morgan fingerprint density at radius 1 is 1.50 bits per heavy atom. The molecule has 1 heterocycles. The van der Waals surface area contributed by atoms with E-state index in [2.05, 4.69) is 22.2 Å². The Morgan fingerprint density at radius 3 is 2.75 bits per heavy atom. The molecule has 3 N–H and O–H groups in total. The van der Waals surface area contributed by atoms with Crippen LogP contribution in [-0.2, 0) is 4.79 Å². The minimum Gasteiger partial charge on any atom is -0.480 e. The van der Waals surface area contributed by atoms with Gasteiger partial charge in [-0.05, 0) is 18.6 Å². The molecule has 1 unspecified atom stereocenters. The fraction of sp³-hybridized carbons (Fsp3) is 0.357. The van der Waals surface area contributed by atoms with E-state index < -0.39 is 12.0 Å². The summed E-state index contributed by atoms with van der Waals surface area (Å²) in [6.45, 7) is 5.81. The molecule has 0 spiro atoms. The van der Waals surface area contributed by atoms with Gasteiger partial charge in [0, 0.05) is 12.7 Å². The van der Waals surface area contributed by atoms with Gasteiger partial charge in [0.15, 0.2) is 0 Å². The normalized spacial score (nSPS) is 11.4. The predicted octanol–water partition coefficient (Wildman–Crippen LogP) is 1.66. The van der Waals surface area contributed by atoms with Gasteiger partial charge in [-0.25, -0.2) is 9.78 Å². The number of carbonyl (C=O) groups excluding carboxylic acids is 1. The van der Waals surface area contributed by atoms with Crippen LogP contribution in [0.4, 0.5) is 5.82 Å². The number of nitrogens with zero attached hydrogens (tertiary/aromatic N) is 1. The standard InChI is InChI=1S/C14H19N3O3/c1-3-5-11(14(19)20)17-12-7-6-10(9-16-12)13(18)15-8-4-2/h4,6-7,9,11H,2-3,5,8H2,1H3,(H,15,18)(H,16,17)(H,19,20). The number of rotatable bonds is 8. The topological polar surface area (TPSA) is 91.3 Å². The summed E-state index contributed by atoms with van der Waals surface area (Å²) in [6.07, 6.45) is 4.26. The minimum atomic E-state index is -0.915. The van der Waals surface area contributed by atoms with E-state index in [1.165, 1.54) is 6.20 Å². The van der Waals surface area contributed by atoms with Crippen LogP contribution in [0.3, 0.4) is 0 Å². The zero-order valence-electron chi connectivity index (χ0n) is 11.4. The average Bonchev–Trinajstić information content (AvgIpc) is 2.45. The number of carbonyl (C=O) groups is 2. The van der Waals surface area contributed by atoms with E-state index in [1.807, 2.05) is 6.92 Å². The lowest BCUT2D eigenvalue weighted by Crippen LogP contribution is -2.29. The molecule has 108 valence electrons. The van der Waals surface area contributed by atoms with E-state index in [0.29, 0.717) is 24.3 Å². The van der Waals surface area contributed by atoms with E-state index >= 15 is 0 Å². The van der Waals surface area contributed by atoms with Crippen LogP contribution in [-0.4, -0.2) is 34.6 Å². The fourth-order valence-electron chi connectivity index (χ4n) is 1.61. The molecule has 0 aliphatic carbocycles. The molecule has 1 rings (SSSR count). The summed E-state index contributed by atoms with van der Waals surface area (Å²) in [6, 6.07) is 2.51. The molecule has 0 aliphatic rings. The highest BCUT2D eigenvalue weighted by atomic mass is 16.4. The molecule has 0 bridgehead atoms. The molecule has 0 aliphatic heterocycles. The highest BCUT2D eigenvalue weighted by Crippen LogP contribution is 2.09. The first kappa shape index (κ1) is 15.7. The molecular formula is C14H19N3O3. The van der Waals surface area contributed by atoms with Crippen LogP contribution in [0.5, 0.6) is 0 Å². The predicted molar refractivity (Wildman–Crippen MR) is 76.7 cm³/mol. The minimum absolute atomic E-state index is 0.243. The van der Waals surface area contributed by atoms with Crippen LogP contribution in [0.1, 0.15) is 30.1 Å². The first-order valence-electron chi connectivity index (χ1n) is 6.43. The molecule has 0 radical (unpaired) electrons. The molecule has 0 saturated heterocycles. The van der Waals surface area contributed by atoms with Crippen LogP contribution < -0.4 is 10.6 Å². The zero-order chi connectivity index (χ0) is 15.0. The molecule has 6 nitrogen and oxygen atoms in total. The Balaban J connectivity index is 2.68. The summed E-state index contributed by atoms with van der Waals surface area (Å²) in [5.74, 6) is -0.722. The summed E-state index contributed by atoms with van der Waals surface area (Å²) in [5, 5.41) is 14.5. The number of anilines is 1. The van der Waals surface area contributed by atoms with Crippen molar-refractivity contribution in [2.75, 3.05) is 11.9 Å². The van der Waals surface area contributed by atoms with Gasteiger partial charge in [-0.15, -0.1) is 6.58 Å². The maximum absolute atomic E-state index is 11.6. The Kier molecular flexibility index (Phi) is 6.22. The van der Waals surface area contributed by atoms with Crippen molar-refractivity contribution in [3.8, 4) is 0 Å². The quantitative estimate of drug-likeness (QED) is 0.629. The van der Waals surface area contributed by atoms with Crippen molar-refractivity contribution in [1.82, 2.24) is 10.3 Å². The van der Waals surface area contributed by atoms with E-state index in [1.54, 1.807) is 18.2 Å². The van der Waals surface area contributed by atoms with Gasteiger partial charge in [-0.2, -0.15) is 0 Å². The molecule has 0 saturated carbocycles. The second kappa shape index (κ2) is 7.93. The Labute approximate surface area is 117 Å². The molecule has 1 aromatic heterocycles. The van der Waals surface area contributed by atoms with Gasteiger partial charge in [0.1, 0.15) is 11.9 Å². The van der Waals surface area contributed by atoms with E-state index in [0.717, 1.165) is 6.42 Å². The number of aliphatic carboxylic acids is 1. The van der Waals surface area contributed by atoms with Crippen molar-refractivity contribution in [1.29, 1.82) is 0 Å². The van der Waals surface area contributed by atoms with Gasteiger partial charge in [0.2, 0.25) is 0 Å². The Hall–Kier alpha value is -2.37. The molecule has 20 heavy (non-hydrogen) atoms. The first-order valence-corrected chi connectivity index (χ1v) is 6.43.